The second kappa shape index (κ2) is 4.68. The van der Waals surface area contributed by atoms with Crippen LogP contribution in [0.4, 0.5) is 0 Å². The lowest BCUT2D eigenvalue weighted by Gasteiger charge is -2.15. The summed E-state index contributed by atoms with van der Waals surface area (Å²) in [6, 6.07) is 17.7. The fourth-order valence-corrected chi connectivity index (χ4v) is 3.01. The van der Waals surface area contributed by atoms with E-state index >= 15 is 0 Å². The minimum absolute atomic E-state index is 0.421. The third kappa shape index (κ3) is 1.83. The molecule has 3 nitrogen and oxygen atoms in total. The summed E-state index contributed by atoms with van der Waals surface area (Å²) in [6.07, 6.45) is 0. The van der Waals surface area contributed by atoms with Crippen LogP contribution in [0.25, 0.3) is 32.3 Å². The molecule has 2 N–H and O–H groups in total. The third-order valence-corrected chi connectivity index (χ3v) is 4.05. The van der Waals surface area contributed by atoms with E-state index in [9.17, 15) is 4.79 Å². The maximum atomic E-state index is 11.9. The summed E-state index contributed by atoms with van der Waals surface area (Å²) in [7, 11) is 0. The van der Waals surface area contributed by atoms with Crippen LogP contribution in [0.1, 0.15) is 6.92 Å². The van der Waals surface area contributed by atoms with E-state index in [-0.39, 0.29) is 0 Å². The molecule has 0 aliphatic rings. The molecule has 108 valence electrons. The summed E-state index contributed by atoms with van der Waals surface area (Å²) < 4.78 is 5.53. The lowest BCUT2D eigenvalue weighted by molar-refractivity contribution is -0.135. The molecule has 0 amide bonds. The third-order valence-electron chi connectivity index (χ3n) is 4.05. The van der Waals surface area contributed by atoms with Crippen molar-refractivity contribution in [2.75, 3.05) is 0 Å². The zero-order valence-corrected chi connectivity index (χ0v) is 12.2. The highest BCUT2D eigenvalue weighted by molar-refractivity contribution is 6.24. The first kappa shape index (κ1) is 13.0. The quantitative estimate of drug-likeness (QED) is 0.346. The smallest absolute Gasteiger partial charge is 0.328 e. The van der Waals surface area contributed by atoms with E-state index in [1.54, 1.807) is 6.92 Å². The molecule has 0 aliphatic heterocycles. The van der Waals surface area contributed by atoms with Gasteiger partial charge < -0.3 is 10.5 Å². The highest BCUT2D eigenvalue weighted by Gasteiger charge is 2.16. The zero-order valence-electron chi connectivity index (χ0n) is 12.2. The Labute approximate surface area is 127 Å². The van der Waals surface area contributed by atoms with Crippen molar-refractivity contribution >= 4 is 38.3 Å². The Bertz CT molecular complexity index is 1000. The van der Waals surface area contributed by atoms with Gasteiger partial charge in [-0.2, -0.15) is 0 Å². The van der Waals surface area contributed by atoms with E-state index in [4.69, 9.17) is 10.5 Å². The van der Waals surface area contributed by atoms with Gasteiger partial charge in [0.1, 0.15) is 11.8 Å². The molecule has 4 aromatic carbocycles. The molecular formula is C19H15NO2. The number of esters is 1. The molecule has 0 radical (unpaired) electrons. The van der Waals surface area contributed by atoms with E-state index < -0.39 is 12.0 Å². The molecule has 0 saturated heterocycles. The van der Waals surface area contributed by atoms with Crippen LogP contribution in [0, 0.1) is 0 Å². The largest absolute Gasteiger partial charge is 0.425 e. The Morgan fingerprint density at radius 3 is 2.32 bits per heavy atom. The van der Waals surface area contributed by atoms with Crippen molar-refractivity contribution in [1.82, 2.24) is 0 Å². The summed E-state index contributed by atoms with van der Waals surface area (Å²) in [4.78, 5) is 11.9. The van der Waals surface area contributed by atoms with Gasteiger partial charge in [0.05, 0.1) is 0 Å². The molecule has 0 aromatic heterocycles. The summed E-state index contributed by atoms with van der Waals surface area (Å²) in [5, 5.41) is 6.66. The molecular weight excluding hydrogens is 274 g/mol. The summed E-state index contributed by atoms with van der Waals surface area (Å²) in [5.74, 6) is 0.147. The molecule has 0 fully saturated rings. The highest BCUT2D eigenvalue weighted by atomic mass is 16.5. The summed E-state index contributed by atoms with van der Waals surface area (Å²) >= 11 is 0. The first-order valence-electron chi connectivity index (χ1n) is 7.29. The van der Waals surface area contributed by atoms with Crippen molar-refractivity contribution < 1.29 is 9.53 Å². The molecule has 4 rings (SSSR count). The second-order valence-corrected chi connectivity index (χ2v) is 5.63. The lowest BCUT2D eigenvalue weighted by Crippen LogP contribution is -2.30. The molecule has 0 unspecified atom stereocenters. The van der Waals surface area contributed by atoms with Crippen LogP contribution in [-0.4, -0.2) is 12.0 Å². The summed E-state index contributed by atoms with van der Waals surface area (Å²) in [5.41, 5.74) is 5.62. The van der Waals surface area contributed by atoms with Crippen molar-refractivity contribution in [3.05, 3.63) is 54.6 Å². The number of benzene rings is 4. The number of carbonyl (C=O) groups is 1. The zero-order chi connectivity index (χ0) is 15.3. The van der Waals surface area contributed by atoms with Gasteiger partial charge in [-0.25, -0.2) is 4.79 Å². The van der Waals surface area contributed by atoms with Crippen molar-refractivity contribution in [3.8, 4) is 5.75 Å². The van der Waals surface area contributed by atoms with E-state index in [1.165, 1.54) is 10.8 Å². The van der Waals surface area contributed by atoms with Gasteiger partial charge in [-0.05, 0) is 34.5 Å². The van der Waals surface area contributed by atoms with Crippen LogP contribution in [0.15, 0.2) is 54.6 Å². The van der Waals surface area contributed by atoms with Crippen LogP contribution >= 0.6 is 0 Å². The van der Waals surface area contributed by atoms with Gasteiger partial charge in [0.2, 0.25) is 0 Å². The Hall–Kier alpha value is -2.65. The Morgan fingerprint density at radius 2 is 1.59 bits per heavy atom. The van der Waals surface area contributed by atoms with Gasteiger partial charge in [-0.15, -0.1) is 0 Å². The second-order valence-electron chi connectivity index (χ2n) is 5.63. The van der Waals surface area contributed by atoms with Gasteiger partial charge >= 0.3 is 5.97 Å². The van der Waals surface area contributed by atoms with E-state index in [2.05, 4.69) is 24.3 Å². The standard InChI is InChI=1S/C19H15NO2/c1-11(20)19(21)22-16-10-14-6-2-4-12-8-9-13-5-3-7-15(16)18(13)17(12)14/h2-11H,20H2,1H3/t11-/m0/s1. The summed E-state index contributed by atoms with van der Waals surface area (Å²) in [6.45, 7) is 1.63. The predicted molar refractivity (Wildman–Crippen MR) is 89.4 cm³/mol. The number of nitrogens with two attached hydrogens (primary N) is 1. The molecule has 22 heavy (non-hydrogen) atoms. The fourth-order valence-electron chi connectivity index (χ4n) is 3.01. The molecule has 4 aromatic rings. The van der Waals surface area contributed by atoms with Crippen LogP contribution in [0.5, 0.6) is 5.75 Å². The Kier molecular flexibility index (Phi) is 2.78. The van der Waals surface area contributed by atoms with Crippen molar-refractivity contribution in [1.29, 1.82) is 0 Å². The number of hydrogen-bond acceptors (Lipinski definition) is 3. The Morgan fingerprint density at radius 1 is 0.955 bits per heavy atom. The number of ether oxygens (including phenoxy) is 1. The van der Waals surface area contributed by atoms with Gasteiger partial charge in [0.25, 0.3) is 0 Å². The van der Waals surface area contributed by atoms with Crippen molar-refractivity contribution in [2.24, 2.45) is 5.73 Å². The molecule has 0 saturated carbocycles. The van der Waals surface area contributed by atoms with Gasteiger partial charge in [-0.1, -0.05) is 48.5 Å². The first-order chi connectivity index (χ1) is 10.6. The fraction of sp³-hybridized carbons (Fsp3) is 0.105. The average Bonchev–Trinajstić information content (AvgIpc) is 2.53. The maximum Gasteiger partial charge on any atom is 0.328 e. The van der Waals surface area contributed by atoms with Crippen molar-refractivity contribution in [2.45, 2.75) is 13.0 Å². The molecule has 0 bridgehead atoms. The minimum atomic E-state index is -0.645. The monoisotopic (exact) mass is 289 g/mol. The van der Waals surface area contributed by atoms with Gasteiger partial charge in [0.15, 0.2) is 0 Å². The van der Waals surface area contributed by atoms with Crippen LogP contribution in [0.2, 0.25) is 0 Å². The Balaban J connectivity index is 2.10. The van der Waals surface area contributed by atoms with Crippen LogP contribution in [-0.2, 0) is 4.79 Å². The van der Waals surface area contributed by atoms with Crippen LogP contribution in [0.3, 0.4) is 0 Å². The average molecular weight is 289 g/mol. The topological polar surface area (TPSA) is 52.3 Å². The number of carbonyl (C=O) groups excluding carboxylic acids is 1. The molecule has 1 atom stereocenters. The van der Waals surface area contributed by atoms with Gasteiger partial charge in [0, 0.05) is 10.8 Å². The normalized spacial score (nSPS) is 13.0. The molecule has 0 aliphatic carbocycles. The minimum Gasteiger partial charge on any atom is -0.425 e. The maximum absolute atomic E-state index is 11.9. The van der Waals surface area contributed by atoms with E-state index in [1.807, 2.05) is 30.3 Å². The molecule has 0 heterocycles. The lowest BCUT2D eigenvalue weighted by atomic mass is 9.94. The predicted octanol–water partition coefficient (Wildman–Crippen LogP) is 3.84. The van der Waals surface area contributed by atoms with Gasteiger partial charge in [-0.3, -0.25) is 0 Å². The van der Waals surface area contributed by atoms with Crippen LogP contribution < -0.4 is 10.5 Å². The number of hydrogen-bond donors (Lipinski definition) is 1. The van der Waals surface area contributed by atoms with Crippen molar-refractivity contribution in [3.63, 3.8) is 0 Å². The first-order valence-corrected chi connectivity index (χ1v) is 7.29. The molecule has 3 heteroatoms. The highest BCUT2D eigenvalue weighted by Crippen LogP contribution is 2.39. The SMILES string of the molecule is C[C@H](N)C(=O)Oc1cc2cccc3ccc4cccc1c4c32. The molecule has 0 spiro atoms. The van der Waals surface area contributed by atoms with E-state index in [0.717, 1.165) is 21.5 Å². The number of rotatable bonds is 2. The van der Waals surface area contributed by atoms with E-state index in [0.29, 0.717) is 5.75 Å².